The van der Waals surface area contributed by atoms with Gasteiger partial charge in [0, 0.05) is 18.6 Å². The zero-order chi connectivity index (χ0) is 12.7. The van der Waals surface area contributed by atoms with Crippen LogP contribution in [0.5, 0.6) is 0 Å². The summed E-state index contributed by atoms with van der Waals surface area (Å²) >= 11 is 0. The maximum atomic E-state index is 11.6. The highest BCUT2D eigenvalue weighted by Crippen LogP contribution is 1.98. The summed E-state index contributed by atoms with van der Waals surface area (Å²) in [5.41, 5.74) is 0. The van der Waals surface area contributed by atoms with Crippen molar-refractivity contribution in [3.05, 3.63) is 0 Å². The fourth-order valence-electron chi connectivity index (χ4n) is 1.35. The number of rotatable bonds is 7. The molecule has 16 heavy (non-hydrogen) atoms. The van der Waals surface area contributed by atoms with Gasteiger partial charge in [0.2, 0.25) is 5.91 Å². The summed E-state index contributed by atoms with van der Waals surface area (Å²) < 4.78 is 0. The van der Waals surface area contributed by atoms with E-state index in [1.807, 2.05) is 21.0 Å². The fraction of sp³-hybridized carbons (Fsp3) is 0.917. The third-order valence-electron chi connectivity index (χ3n) is 2.64. The van der Waals surface area contributed by atoms with Gasteiger partial charge in [-0.1, -0.05) is 13.8 Å². The molecule has 0 aromatic heterocycles. The molecule has 2 atom stereocenters. The van der Waals surface area contributed by atoms with E-state index in [0.29, 0.717) is 18.5 Å². The van der Waals surface area contributed by atoms with E-state index >= 15 is 0 Å². The quantitative estimate of drug-likeness (QED) is 0.675. The highest BCUT2D eigenvalue weighted by Gasteiger charge is 2.11. The fourth-order valence-corrected chi connectivity index (χ4v) is 1.35. The second-order valence-corrected chi connectivity index (χ2v) is 5.14. The van der Waals surface area contributed by atoms with Gasteiger partial charge >= 0.3 is 0 Å². The molecule has 0 bridgehead atoms. The van der Waals surface area contributed by atoms with Crippen molar-refractivity contribution < 1.29 is 4.79 Å². The normalized spacial score (nSPS) is 15.2. The largest absolute Gasteiger partial charge is 0.352 e. The molecule has 0 saturated carbocycles. The molecule has 96 valence electrons. The van der Waals surface area contributed by atoms with Crippen LogP contribution in [-0.2, 0) is 4.79 Å². The van der Waals surface area contributed by atoms with Crippen LogP contribution >= 0.6 is 0 Å². The molecule has 2 N–H and O–H groups in total. The predicted octanol–water partition coefficient (Wildman–Crippen LogP) is 0.687. The van der Waals surface area contributed by atoms with Crippen molar-refractivity contribution in [2.75, 3.05) is 27.2 Å². The number of likely N-dealkylation sites (N-methyl/N-ethyl adjacent to an activating group) is 1. The molecule has 0 fully saturated rings. The van der Waals surface area contributed by atoms with Gasteiger partial charge in [-0.15, -0.1) is 0 Å². The Morgan fingerprint density at radius 3 is 2.19 bits per heavy atom. The van der Waals surface area contributed by atoms with Gasteiger partial charge in [0.05, 0.1) is 6.54 Å². The number of nitrogens with one attached hydrogen (secondary N) is 2. The zero-order valence-electron chi connectivity index (χ0n) is 11.5. The molecule has 0 aromatic rings. The number of hydrogen-bond donors (Lipinski definition) is 2. The van der Waals surface area contributed by atoms with Gasteiger partial charge < -0.3 is 15.5 Å². The van der Waals surface area contributed by atoms with Crippen molar-refractivity contribution >= 4 is 5.91 Å². The van der Waals surface area contributed by atoms with Crippen LogP contribution in [0.3, 0.4) is 0 Å². The van der Waals surface area contributed by atoms with E-state index < -0.39 is 0 Å². The molecule has 0 aliphatic carbocycles. The molecule has 4 nitrogen and oxygen atoms in total. The Morgan fingerprint density at radius 2 is 1.75 bits per heavy atom. The lowest BCUT2D eigenvalue weighted by Crippen LogP contribution is -2.45. The van der Waals surface area contributed by atoms with Crippen LogP contribution < -0.4 is 10.6 Å². The molecule has 0 saturated heterocycles. The molecule has 0 spiro atoms. The SMILES string of the molecule is CC(CN(C)C)NCC(=O)NC(C)C(C)C. The first-order valence-corrected chi connectivity index (χ1v) is 6.00. The zero-order valence-corrected chi connectivity index (χ0v) is 11.5. The monoisotopic (exact) mass is 229 g/mol. The first-order valence-electron chi connectivity index (χ1n) is 6.00. The molecule has 0 aliphatic rings. The lowest BCUT2D eigenvalue weighted by molar-refractivity contribution is -0.121. The highest BCUT2D eigenvalue weighted by atomic mass is 16.1. The van der Waals surface area contributed by atoms with Crippen molar-refractivity contribution in [3.8, 4) is 0 Å². The smallest absolute Gasteiger partial charge is 0.234 e. The van der Waals surface area contributed by atoms with Gasteiger partial charge in [-0.2, -0.15) is 0 Å². The highest BCUT2D eigenvalue weighted by molar-refractivity contribution is 5.78. The molecule has 4 heteroatoms. The van der Waals surface area contributed by atoms with Crippen molar-refractivity contribution in [2.24, 2.45) is 5.92 Å². The topological polar surface area (TPSA) is 44.4 Å². The van der Waals surface area contributed by atoms with Crippen LogP contribution in [0.4, 0.5) is 0 Å². The second-order valence-electron chi connectivity index (χ2n) is 5.14. The standard InChI is InChI=1S/C12H27N3O/c1-9(2)11(4)14-12(16)7-13-10(3)8-15(5)6/h9-11,13H,7-8H2,1-6H3,(H,14,16). The first-order chi connectivity index (χ1) is 7.32. The Balaban J connectivity index is 3.73. The van der Waals surface area contributed by atoms with Crippen molar-refractivity contribution in [3.63, 3.8) is 0 Å². The summed E-state index contributed by atoms with van der Waals surface area (Å²) in [6, 6.07) is 0.563. The maximum absolute atomic E-state index is 11.6. The lowest BCUT2D eigenvalue weighted by Gasteiger charge is -2.20. The minimum atomic E-state index is 0.0757. The van der Waals surface area contributed by atoms with Crippen LogP contribution in [0.1, 0.15) is 27.7 Å². The van der Waals surface area contributed by atoms with Gasteiger partial charge in [-0.05, 0) is 33.9 Å². The van der Waals surface area contributed by atoms with Crippen molar-refractivity contribution in [2.45, 2.75) is 39.8 Å². The average molecular weight is 229 g/mol. The first kappa shape index (κ1) is 15.4. The molecule has 1 amide bonds. The van der Waals surface area contributed by atoms with Crippen LogP contribution in [0.15, 0.2) is 0 Å². The Hall–Kier alpha value is -0.610. The summed E-state index contributed by atoms with van der Waals surface area (Å²) in [5.74, 6) is 0.551. The molecule has 0 radical (unpaired) electrons. The third kappa shape index (κ3) is 7.65. The van der Waals surface area contributed by atoms with Crippen molar-refractivity contribution in [1.29, 1.82) is 0 Å². The van der Waals surface area contributed by atoms with Crippen LogP contribution in [0.25, 0.3) is 0 Å². The Kier molecular flexibility index (Phi) is 7.34. The summed E-state index contributed by atoms with van der Waals surface area (Å²) in [6.45, 7) is 9.66. The number of nitrogens with zero attached hydrogens (tertiary/aromatic N) is 1. The maximum Gasteiger partial charge on any atom is 0.234 e. The van der Waals surface area contributed by atoms with E-state index in [9.17, 15) is 4.79 Å². The minimum Gasteiger partial charge on any atom is -0.352 e. The Morgan fingerprint density at radius 1 is 1.19 bits per heavy atom. The summed E-state index contributed by atoms with van der Waals surface area (Å²) in [6.07, 6.45) is 0. The molecular formula is C12H27N3O. The van der Waals surface area contributed by atoms with Crippen LogP contribution in [0, 0.1) is 5.92 Å². The van der Waals surface area contributed by atoms with Gasteiger partial charge in [0.15, 0.2) is 0 Å². The Labute approximate surface area is 99.8 Å². The van der Waals surface area contributed by atoms with E-state index in [0.717, 1.165) is 6.54 Å². The van der Waals surface area contributed by atoms with E-state index in [4.69, 9.17) is 0 Å². The summed E-state index contributed by atoms with van der Waals surface area (Å²) in [4.78, 5) is 13.7. The lowest BCUT2D eigenvalue weighted by atomic mass is 10.1. The summed E-state index contributed by atoms with van der Waals surface area (Å²) in [5, 5.41) is 6.18. The molecular weight excluding hydrogens is 202 g/mol. The van der Waals surface area contributed by atoms with E-state index in [1.165, 1.54) is 0 Å². The van der Waals surface area contributed by atoms with E-state index in [-0.39, 0.29) is 11.9 Å². The average Bonchev–Trinajstić information content (AvgIpc) is 2.13. The van der Waals surface area contributed by atoms with E-state index in [2.05, 4.69) is 36.3 Å². The van der Waals surface area contributed by atoms with Gasteiger partial charge in [0.25, 0.3) is 0 Å². The van der Waals surface area contributed by atoms with Crippen molar-refractivity contribution in [1.82, 2.24) is 15.5 Å². The number of hydrogen-bond acceptors (Lipinski definition) is 3. The predicted molar refractivity (Wildman–Crippen MR) is 68.5 cm³/mol. The third-order valence-corrected chi connectivity index (χ3v) is 2.64. The second kappa shape index (κ2) is 7.63. The molecule has 0 aliphatic heterocycles. The minimum absolute atomic E-state index is 0.0757. The van der Waals surface area contributed by atoms with E-state index in [1.54, 1.807) is 0 Å². The van der Waals surface area contributed by atoms with Gasteiger partial charge in [0.1, 0.15) is 0 Å². The molecule has 0 rings (SSSR count). The number of amides is 1. The number of carbonyl (C=O) groups excluding carboxylic acids is 1. The molecule has 0 aromatic carbocycles. The number of carbonyl (C=O) groups is 1. The van der Waals surface area contributed by atoms with Crippen LogP contribution in [-0.4, -0.2) is 50.1 Å². The van der Waals surface area contributed by atoms with Gasteiger partial charge in [-0.25, -0.2) is 0 Å². The van der Waals surface area contributed by atoms with Crippen LogP contribution in [0.2, 0.25) is 0 Å². The molecule has 2 unspecified atom stereocenters. The molecule has 0 heterocycles. The Bertz CT molecular complexity index is 204. The summed E-state index contributed by atoms with van der Waals surface area (Å²) in [7, 11) is 4.05. The van der Waals surface area contributed by atoms with Gasteiger partial charge in [-0.3, -0.25) is 4.79 Å².